The summed E-state index contributed by atoms with van der Waals surface area (Å²) >= 11 is 0. The summed E-state index contributed by atoms with van der Waals surface area (Å²) < 4.78 is 5.13. The van der Waals surface area contributed by atoms with Crippen LogP contribution >= 0.6 is 0 Å². The zero-order valence-electron chi connectivity index (χ0n) is 12.5. The van der Waals surface area contributed by atoms with Crippen molar-refractivity contribution >= 4 is 29.6 Å². The minimum atomic E-state index is -0.862. The summed E-state index contributed by atoms with van der Waals surface area (Å²) in [5.74, 6) is -0.589. The van der Waals surface area contributed by atoms with Crippen molar-refractivity contribution in [2.75, 3.05) is 0 Å². The molecule has 0 unspecified atom stereocenters. The van der Waals surface area contributed by atoms with Crippen LogP contribution in [0, 0.1) is 5.92 Å². The molecule has 0 radical (unpaired) electrons. The fourth-order valence-corrected chi connectivity index (χ4v) is 2.47. The van der Waals surface area contributed by atoms with E-state index in [0.29, 0.717) is 22.6 Å². The van der Waals surface area contributed by atoms with Crippen LogP contribution in [0.1, 0.15) is 33.4 Å². The topological polar surface area (TPSA) is 72.0 Å². The molecule has 0 fully saturated rings. The molecule has 1 aromatic heterocycles. The van der Waals surface area contributed by atoms with Crippen molar-refractivity contribution in [3.63, 3.8) is 0 Å². The van der Waals surface area contributed by atoms with Gasteiger partial charge < -0.3 is 4.42 Å². The third-order valence-corrected chi connectivity index (χ3v) is 3.57. The van der Waals surface area contributed by atoms with Gasteiger partial charge in [0.2, 0.25) is 0 Å². The third kappa shape index (κ3) is 2.94. The maximum absolute atomic E-state index is 12.3. The van der Waals surface area contributed by atoms with Crippen LogP contribution in [0.15, 0.2) is 63.4 Å². The molecule has 0 saturated carbocycles. The molecule has 2 aromatic rings. The lowest BCUT2D eigenvalue weighted by molar-refractivity contribution is 0.0883. The van der Waals surface area contributed by atoms with Gasteiger partial charge in [-0.05, 0) is 31.2 Å². The van der Waals surface area contributed by atoms with Gasteiger partial charge >= 0.3 is 0 Å². The summed E-state index contributed by atoms with van der Waals surface area (Å²) in [5.41, 5.74) is 1.30. The summed E-state index contributed by atoms with van der Waals surface area (Å²) in [6.45, 7) is 1.64. The number of ketones is 2. The minimum Gasteiger partial charge on any atom is -0.465 e. The fraction of sp³-hybridized carbons (Fsp3) is 0.111. The van der Waals surface area contributed by atoms with E-state index in [2.05, 4.69) is 10.2 Å². The lowest BCUT2D eigenvalue weighted by atomic mass is 9.99. The number of benzene rings is 1. The Morgan fingerprint density at radius 3 is 2.39 bits per heavy atom. The second-order valence-corrected chi connectivity index (χ2v) is 5.09. The van der Waals surface area contributed by atoms with Gasteiger partial charge in [-0.3, -0.25) is 9.59 Å². The van der Waals surface area contributed by atoms with Crippen LogP contribution in [0.5, 0.6) is 0 Å². The molecule has 0 saturated heterocycles. The normalized spacial score (nSPS) is 16.0. The van der Waals surface area contributed by atoms with Gasteiger partial charge in [-0.1, -0.05) is 24.3 Å². The predicted molar refractivity (Wildman–Crippen MR) is 87.9 cm³/mol. The van der Waals surface area contributed by atoms with Crippen LogP contribution in [0.3, 0.4) is 0 Å². The van der Waals surface area contributed by atoms with Gasteiger partial charge in [-0.15, -0.1) is 0 Å². The average Bonchev–Trinajstić information content (AvgIpc) is 3.15. The van der Waals surface area contributed by atoms with E-state index < -0.39 is 5.92 Å². The van der Waals surface area contributed by atoms with E-state index in [1.54, 1.807) is 55.7 Å². The Kier molecular flexibility index (Phi) is 4.10. The van der Waals surface area contributed by atoms with Gasteiger partial charge in [0.25, 0.3) is 0 Å². The molecule has 0 bridgehead atoms. The van der Waals surface area contributed by atoms with E-state index in [-0.39, 0.29) is 11.6 Å². The number of fused-ring (bicyclic) bond motifs is 1. The number of carbonyl (C=O) groups is 2. The minimum absolute atomic E-state index is 0.215. The van der Waals surface area contributed by atoms with Crippen molar-refractivity contribution < 1.29 is 14.0 Å². The quantitative estimate of drug-likeness (QED) is 0.493. The van der Waals surface area contributed by atoms with E-state index in [4.69, 9.17) is 4.42 Å². The van der Waals surface area contributed by atoms with Gasteiger partial charge in [-0.2, -0.15) is 10.2 Å². The first-order valence-corrected chi connectivity index (χ1v) is 7.13. The predicted octanol–water partition coefficient (Wildman–Crippen LogP) is 3.43. The smallest absolute Gasteiger partial charge is 0.180 e. The third-order valence-electron chi connectivity index (χ3n) is 3.57. The van der Waals surface area contributed by atoms with Gasteiger partial charge in [0.1, 0.15) is 11.7 Å². The number of rotatable bonds is 4. The van der Waals surface area contributed by atoms with Gasteiger partial charge in [0.05, 0.1) is 12.0 Å². The first-order valence-electron chi connectivity index (χ1n) is 7.13. The highest BCUT2D eigenvalue weighted by Gasteiger charge is 2.40. The summed E-state index contributed by atoms with van der Waals surface area (Å²) in [4.78, 5) is 24.6. The number of hydrogen-bond acceptors (Lipinski definition) is 5. The zero-order chi connectivity index (χ0) is 16.2. The Balaban J connectivity index is 1.72. The largest absolute Gasteiger partial charge is 0.465 e. The molecule has 3 rings (SSSR count). The Morgan fingerprint density at radius 2 is 1.78 bits per heavy atom. The molecule has 0 amide bonds. The maximum atomic E-state index is 12.3. The van der Waals surface area contributed by atoms with Crippen molar-refractivity contribution in [2.24, 2.45) is 16.1 Å². The van der Waals surface area contributed by atoms with Crippen LogP contribution in [0.2, 0.25) is 0 Å². The molecule has 1 heterocycles. The molecule has 5 heteroatoms. The van der Waals surface area contributed by atoms with Crippen molar-refractivity contribution in [2.45, 2.75) is 6.92 Å². The zero-order valence-corrected chi connectivity index (χ0v) is 12.5. The van der Waals surface area contributed by atoms with Crippen LogP contribution in [0.25, 0.3) is 6.08 Å². The van der Waals surface area contributed by atoms with Crippen molar-refractivity contribution in [3.8, 4) is 0 Å². The fourth-order valence-electron chi connectivity index (χ4n) is 2.47. The molecule has 0 N–H and O–H groups in total. The van der Waals surface area contributed by atoms with Crippen molar-refractivity contribution in [3.05, 3.63) is 65.6 Å². The van der Waals surface area contributed by atoms with E-state index in [1.165, 1.54) is 6.21 Å². The number of hydrogen-bond donors (Lipinski definition) is 0. The highest BCUT2D eigenvalue weighted by molar-refractivity contribution is 6.36. The molecule has 5 nitrogen and oxygen atoms in total. The van der Waals surface area contributed by atoms with Crippen LogP contribution in [0.4, 0.5) is 0 Å². The number of carbonyl (C=O) groups excluding carboxylic acids is 2. The second kappa shape index (κ2) is 6.36. The molecular formula is C18H14N2O3. The number of Topliss-reactive ketones (excluding diaryl/α,β-unsaturated/α-hetero) is 2. The number of furan rings is 1. The Bertz CT molecular complexity index is 795. The molecule has 114 valence electrons. The highest BCUT2D eigenvalue weighted by atomic mass is 16.3. The summed E-state index contributed by atoms with van der Waals surface area (Å²) in [5, 5.41) is 7.85. The van der Waals surface area contributed by atoms with Crippen molar-refractivity contribution in [1.29, 1.82) is 0 Å². The van der Waals surface area contributed by atoms with E-state index in [0.717, 1.165) is 0 Å². The first kappa shape index (κ1) is 14.8. The lowest BCUT2D eigenvalue weighted by Gasteiger charge is -2.03. The van der Waals surface area contributed by atoms with Gasteiger partial charge in [0, 0.05) is 17.3 Å². The Morgan fingerprint density at radius 1 is 1.09 bits per heavy atom. The first-order chi connectivity index (χ1) is 11.2. The van der Waals surface area contributed by atoms with Crippen LogP contribution in [-0.2, 0) is 0 Å². The Labute approximate surface area is 133 Å². The van der Waals surface area contributed by atoms with Gasteiger partial charge in [-0.25, -0.2) is 0 Å². The number of nitrogens with zero attached hydrogens (tertiary/aromatic N) is 2. The lowest BCUT2D eigenvalue weighted by Crippen LogP contribution is -2.23. The maximum Gasteiger partial charge on any atom is 0.180 e. The average molecular weight is 306 g/mol. The van der Waals surface area contributed by atoms with Gasteiger partial charge in [0.15, 0.2) is 11.6 Å². The van der Waals surface area contributed by atoms with E-state index in [1.807, 2.05) is 6.07 Å². The molecule has 1 aliphatic carbocycles. The summed E-state index contributed by atoms with van der Waals surface area (Å²) in [7, 11) is 0. The van der Waals surface area contributed by atoms with Crippen LogP contribution < -0.4 is 0 Å². The van der Waals surface area contributed by atoms with E-state index >= 15 is 0 Å². The van der Waals surface area contributed by atoms with Crippen molar-refractivity contribution in [1.82, 2.24) is 0 Å². The molecule has 1 aliphatic rings. The molecule has 0 atom stereocenters. The Hall–Kier alpha value is -3.08. The highest BCUT2D eigenvalue weighted by Crippen LogP contribution is 2.27. The number of allylic oxidation sites excluding steroid dienone is 1. The molecule has 1 aromatic carbocycles. The molecule has 0 aliphatic heterocycles. The molecule has 0 spiro atoms. The van der Waals surface area contributed by atoms with E-state index in [9.17, 15) is 9.59 Å². The van der Waals surface area contributed by atoms with Crippen LogP contribution in [-0.4, -0.2) is 23.5 Å². The standard InChI is InChI=1S/C18H14N2O3/c1-12(20-19-10-4-6-13-7-5-11-23-13)16-17(21)14-8-2-3-9-15(14)18(16)22/h2-11,16H,1H3/b6-4+,19-10-,20-12-. The monoisotopic (exact) mass is 306 g/mol. The molecule has 23 heavy (non-hydrogen) atoms. The summed E-state index contributed by atoms with van der Waals surface area (Å²) in [6, 6.07) is 10.4. The summed E-state index contributed by atoms with van der Waals surface area (Å²) in [6.07, 6.45) is 6.45. The SMILES string of the molecule is C/C(=N/N=C\C=C\c1ccco1)C1C(=O)c2ccccc2C1=O. The second-order valence-electron chi connectivity index (χ2n) is 5.09. The molecular weight excluding hydrogens is 292 g/mol.